The Labute approximate surface area is 129 Å². The molecule has 0 aromatic heterocycles. The number of hydrazine groups is 1. The van der Waals surface area contributed by atoms with Gasteiger partial charge in [0.2, 0.25) is 11.3 Å². The van der Waals surface area contributed by atoms with Gasteiger partial charge in [-0.05, 0) is 12.2 Å². The van der Waals surface area contributed by atoms with Gasteiger partial charge < -0.3 is 19.5 Å². The van der Waals surface area contributed by atoms with Crippen molar-refractivity contribution in [1.29, 1.82) is 0 Å². The summed E-state index contributed by atoms with van der Waals surface area (Å²) in [5.74, 6) is 1.85. The molecule has 21 heavy (non-hydrogen) atoms. The number of thiocarbonyl (C=S) groups is 1. The molecular formula is C14H20N3O3S+. The van der Waals surface area contributed by atoms with Crippen LogP contribution in [-0.4, -0.2) is 39.2 Å². The first-order chi connectivity index (χ1) is 10.2. The molecule has 0 amide bonds. The zero-order chi connectivity index (χ0) is 15.7. The summed E-state index contributed by atoms with van der Waals surface area (Å²) in [7, 11) is 4.74. The molecule has 114 valence electrons. The quantitative estimate of drug-likeness (QED) is 0.280. The van der Waals surface area contributed by atoms with E-state index in [0.29, 0.717) is 28.9 Å². The Hall–Kier alpha value is -2.28. The van der Waals surface area contributed by atoms with Crippen molar-refractivity contribution in [2.45, 2.75) is 0 Å². The molecule has 0 saturated carbocycles. The van der Waals surface area contributed by atoms with Gasteiger partial charge in [0.1, 0.15) is 5.75 Å². The fraction of sp³-hybridized carbons (Fsp3) is 0.286. The topological polar surface area (TPSA) is 65.7 Å². The predicted octanol–water partition coefficient (Wildman–Crippen LogP) is -0.223. The van der Waals surface area contributed by atoms with Crippen LogP contribution < -0.4 is 30.1 Å². The molecule has 0 heterocycles. The van der Waals surface area contributed by atoms with Gasteiger partial charge in [0, 0.05) is 18.7 Å². The van der Waals surface area contributed by atoms with E-state index in [1.165, 1.54) is 0 Å². The number of hydrogen-bond donors (Lipinski definition) is 3. The van der Waals surface area contributed by atoms with Gasteiger partial charge in [0.15, 0.2) is 11.5 Å². The standard InChI is InChI=1S/C14H19N3O3S/c1-5-6-15-14(21)17-16-9-10-7-12(19-3)13(20-4)8-11(10)18-2/h5,7-9H,1,6H2,2-4H3,(H2,15,17,21)/p+1. The maximum Gasteiger partial charge on any atom is 0.224 e. The largest absolute Gasteiger partial charge is 0.496 e. The Morgan fingerprint density at radius 3 is 2.38 bits per heavy atom. The van der Waals surface area contributed by atoms with Crippen molar-refractivity contribution in [3.05, 3.63) is 30.4 Å². The van der Waals surface area contributed by atoms with Crippen molar-refractivity contribution >= 4 is 23.5 Å². The van der Waals surface area contributed by atoms with Crippen LogP contribution >= 0.6 is 12.2 Å². The first-order valence-corrected chi connectivity index (χ1v) is 6.60. The van der Waals surface area contributed by atoms with Gasteiger partial charge in [-0.25, -0.2) is 0 Å². The molecule has 1 aromatic carbocycles. The lowest BCUT2D eigenvalue weighted by molar-refractivity contribution is -0.500. The van der Waals surface area contributed by atoms with Crippen molar-refractivity contribution in [3.8, 4) is 17.2 Å². The Morgan fingerprint density at radius 2 is 1.81 bits per heavy atom. The lowest BCUT2D eigenvalue weighted by Crippen LogP contribution is -2.82. The molecule has 0 bridgehead atoms. The third-order valence-electron chi connectivity index (χ3n) is 2.56. The first-order valence-electron chi connectivity index (χ1n) is 6.19. The minimum absolute atomic E-state index is 0.464. The summed E-state index contributed by atoms with van der Waals surface area (Å²) in [6, 6.07) is 3.55. The van der Waals surface area contributed by atoms with Crippen LogP contribution in [0.15, 0.2) is 24.8 Å². The van der Waals surface area contributed by atoms with E-state index in [2.05, 4.69) is 22.4 Å². The SMILES string of the molecule is C=CCNC(=S)N[NH+]=Cc1cc(OC)c(OC)cc1OC. The van der Waals surface area contributed by atoms with Crippen LogP contribution in [0.4, 0.5) is 0 Å². The zero-order valence-electron chi connectivity index (χ0n) is 12.4. The van der Waals surface area contributed by atoms with E-state index >= 15 is 0 Å². The summed E-state index contributed by atoms with van der Waals surface area (Å²) in [4.78, 5) is 0. The molecule has 0 aliphatic carbocycles. The molecule has 0 fully saturated rings. The van der Waals surface area contributed by atoms with Crippen LogP contribution in [0.25, 0.3) is 0 Å². The van der Waals surface area contributed by atoms with Gasteiger partial charge >= 0.3 is 0 Å². The van der Waals surface area contributed by atoms with Gasteiger partial charge in [-0.1, -0.05) is 6.08 Å². The highest BCUT2D eigenvalue weighted by Gasteiger charge is 2.12. The van der Waals surface area contributed by atoms with Crippen LogP contribution in [-0.2, 0) is 0 Å². The fourth-order valence-corrected chi connectivity index (χ4v) is 1.70. The number of rotatable bonds is 7. The van der Waals surface area contributed by atoms with E-state index in [4.69, 9.17) is 26.4 Å². The molecule has 0 aliphatic heterocycles. The molecule has 0 unspecified atom stereocenters. The van der Waals surface area contributed by atoms with Gasteiger partial charge in [0.25, 0.3) is 0 Å². The van der Waals surface area contributed by atoms with E-state index in [0.717, 1.165) is 5.56 Å². The maximum atomic E-state index is 5.31. The van der Waals surface area contributed by atoms with Gasteiger partial charge in [0.05, 0.1) is 26.9 Å². The Balaban J connectivity index is 2.86. The molecule has 0 aliphatic rings. The van der Waals surface area contributed by atoms with Crippen molar-refractivity contribution in [3.63, 3.8) is 0 Å². The van der Waals surface area contributed by atoms with Crippen molar-refractivity contribution in [1.82, 2.24) is 10.7 Å². The fourth-order valence-electron chi connectivity index (χ4n) is 1.55. The van der Waals surface area contributed by atoms with Gasteiger partial charge in [-0.15, -0.1) is 17.1 Å². The van der Waals surface area contributed by atoms with Crippen LogP contribution in [0.1, 0.15) is 5.56 Å². The first kappa shape index (κ1) is 16.8. The van der Waals surface area contributed by atoms with Crippen LogP contribution in [0.3, 0.4) is 0 Å². The molecule has 1 aromatic rings. The second-order valence-electron chi connectivity index (χ2n) is 3.86. The normalized spacial score (nSPS) is 10.0. The van der Waals surface area contributed by atoms with E-state index in [1.807, 2.05) is 0 Å². The third kappa shape index (κ3) is 4.96. The number of nitrogens with one attached hydrogen (secondary N) is 3. The zero-order valence-corrected chi connectivity index (χ0v) is 13.2. The second-order valence-corrected chi connectivity index (χ2v) is 4.27. The molecule has 0 saturated heterocycles. The lowest BCUT2D eigenvalue weighted by atomic mass is 10.2. The van der Waals surface area contributed by atoms with Crippen molar-refractivity contribution in [2.24, 2.45) is 0 Å². The molecule has 1 rings (SSSR count). The van der Waals surface area contributed by atoms with Gasteiger partial charge in [-0.3, -0.25) is 0 Å². The number of hydrogen-bond acceptors (Lipinski definition) is 4. The van der Waals surface area contributed by atoms with Gasteiger partial charge in [-0.2, -0.15) is 0 Å². The second kappa shape index (κ2) is 8.80. The Kier molecular flexibility index (Phi) is 7.03. The van der Waals surface area contributed by atoms with Crippen molar-refractivity contribution < 1.29 is 19.3 Å². The van der Waals surface area contributed by atoms with E-state index in [-0.39, 0.29) is 0 Å². The Bertz CT molecular complexity index is 532. The van der Waals surface area contributed by atoms with Crippen LogP contribution in [0.5, 0.6) is 17.2 Å². The predicted molar refractivity (Wildman–Crippen MR) is 86.2 cm³/mol. The molecule has 0 atom stereocenters. The lowest BCUT2D eigenvalue weighted by Gasteiger charge is -2.10. The molecule has 7 heteroatoms. The number of hydrazone groups is 1. The van der Waals surface area contributed by atoms with Crippen LogP contribution in [0.2, 0.25) is 0 Å². The summed E-state index contributed by atoms with van der Waals surface area (Å²) in [5.41, 5.74) is 3.61. The Morgan fingerprint density at radius 1 is 1.19 bits per heavy atom. The molecule has 6 nitrogen and oxygen atoms in total. The smallest absolute Gasteiger partial charge is 0.224 e. The molecule has 3 N–H and O–H groups in total. The maximum absolute atomic E-state index is 5.31. The monoisotopic (exact) mass is 310 g/mol. The molecular weight excluding hydrogens is 290 g/mol. The minimum atomic E-state index is 0.464. The highest BCUT2D eigenvalue weighted by Crippen LogP contribution is 2.33. The molecule has 0 spiro atoms. The minimum Gasteiger partial charge on any atom is -0.496 e. The highest BCUT2D eigenvalue weighted by molar-refractivity contribution is 7.80. The average molecular weight is 310 g/mol. The summed E-state index contributed by atoms with van der Waals surface area (Å²) >= 11 is 5.06. The average Bonchev–Trinajstić information content (AvgIpc) is 2.52. The van der Waals surface area contributed by atoms with Crippen molar-refractivity contribution in [2.75, 3.05) is 27.9 Å². The summed E-state index contributed by atoms with van der Waals surface area (Å²) in [6.45, 7) is 4.19. The summed E-state index contributed by atoms with van der Waals surface area (Å²) in [5, 5.41) is 6.28. The number of ether oxygens (including phenoxy) is 3. The molecule has 0 radical (unpaired) electrons. The van der Waals surface area contributed by atoms with E-state index < -0.39 is 0 Å². The van der Waals surface area contributed by atoms with E-state index in [1.54, 1.807) is 45.8 Å². The highest BCUT2D eigenvalue weighted by atomic mass is 32.1. The third-order valence-corrected chi connectivity index (χ3v) is 2.80. The number of methoxy groups -OCH3 is 3. The van der Waals surface area contributed by atoms with Crippen LogP contribution in [0, 0.1) is 0 Å². The number of benzene rings is 1. The van der Waals surface area contributed by atoms with E-state index in [9.17, 15) is 0 Å². The summed E-state index contributed by atoms with van der Waals surface area (Å²) in [6.07, 6.45) is 3.43. The summed E-state index contributed by atoms with van der Waals surface area (Å²) < 4.78 is 15.8.